The van der Waals surface area contributed by atoms with Crippen molar-refractivity contribution in [3.63, 3.8) is 0 Å². The summed E-state index contributed by atoms with van der Waals surface area (Å²) in [5.74, 6) is 1.31. The molecule has 0 amide bonds. The fourth-order valence-corrected chi connectivity index (χ4v) is 2.33. The van der Waals surface area contributed by atoms with Crippen LogP contribution in [0.4, 0.5) is 5.95 Å². The van der Waals surface area contributed by atoms with Crippen LogP contribution in [0.3, 0.4) is 0 Å². The van der Waals surface area contributed by atoms with E-state index in [-0.39, 0.29) is 12.1 Å². The van der Waals surface area contributed by atoms with Gasteiger partial charge in [0.2, 0.25) is 5.89 Å². The average Bonchev–Trinajstić information content (AvgIpc) is 3.08. The van der Waals surface area contributed by atoms with Crippen LogP contribution in [0, 0.1) is 0 Å². The molecular weight excluding hydrogens is 236 g/mol. The topological polar surface area (TPSA) is 72.7 Å². The van der Waals surface area contributed by atoms with Gasteiger partial charge in [-0.05, 0) is 11.6 Å². The second-order valence-corrected chi connectivity index (χ2v) is 4.59. The lowest BCUT2D eigenvalue weighted by Crippen LogP contribution is -2.36. The Hall–Kier alpha value is -1.18. The molecule has 2 aliphatic heterocycles. The summed E-state index contributed by atoms with van der Waals surface area (Å²) in [6.07, 6.45) is 1.11. The van der Waals surface area contributed by atoms with Gasteiger partial charge in [-0.25, -0.2) is 0 Å². The van der Waals surface area contributed by atoms with Crippen molar-refractivity contribution in [2.24, 2.45) is 0 Å². The van der Waals surface area contributed by atoms with Crippen molar-refractivity contribution < 1.29 is 14.0 Å². The third kappa shape index (κ3) is 2.33. The lowest BCUT2D eigenvalue weighted by atomic mass is 10.2. The van der Waals surface area contributed by atoms with E-state index < -0.39 is 0 Å². The van der Waals surface area contributed by atoms with Gasteiger partial charge in [0.05, 0.1) is 25.4 Å². The Morgan fingerprint density at radius 2 is 2.22 bits per heavy atom. The minimum Gasteiger partial charge on any atom is -0.380 e. The zero-order valence-corrected chi connectivity index (χ0v) is 10.5. The van der Waals surface area contributed by atoms with Crippen LogP contribution in [0.2, 0.25) is 0 Å². The summed E-state index contributed by atoms with van der Waals surface area (Å²) in [7, 11) is 1.72. The van der Waals surface area contributed by atoms with Gasteiger partial charge in [-0.15, -0.1) is 0 Å². The summed E-state index contributed by atoms with van der Waals surface area (Å²) < 4.78 is 15.9. The first-order chi connectivity index (χ1) is 8.86. The minimum atomic E-state index is 0.109. The van der Waals surface area contributed by atoms with Gasteiger partial charge in [-0.3, -0.25) is 0 Å². The molecule has 2 saturated heterocycles. The van der Waals surface area contributed by atoms with Gasteiger partial charge in [0.1, 0.15) is 0 Å². The van der Waals surface area contributed by atoms with E-state index in [0.29, 0.717) is 11.8 Å². The minimum absolute atomic E-state index is 0.109. The predicted molar refractivity (Wildman–Crippen MR) is 63.5 cm³/mol. The summed E-state index contributed by atoms with van der Waals surface area (Å²) in [5.41, 5.74) is 0. The van der Waals surface area contributed by atoms with Gasteiger partial charge in [0.15, 0.2) is 0 Å². The van der Waals surface area contributed by atoms with Crippen LogP contribution in [0.25, 0.3) is 0 Å². The molecule has 3 rings (SSSR count). The quantitative estimate of drug-likeness (QED) is 0.811. The first-order valence-electron chi connectivity index (χ1n) is 6.29. The van der Waals surface area contributed by atoms with Crippen LogP contribution < -0.4 is 10.2 Å². The van der Waals surface area contributed by atoms with E-state index in [9.17, 15) is 0 Å². The van der Waals surface area contributed by atoms with Gasteiger partial charge >= 0.3 is 0 Å². The Morgan fingerprint density at radius 1 is 1.39 bits per heavy atom. The number of rotatable bonds is 3. The van der Waals surface area contributed by atoms with Crippen LogP contribution >= 0.6 is 0 Å². The van der Waals surface area contributed by atoms with Gasteiger partial charge in [-0.2, -0.15) is 4.98 Å². The predicted octanol–water partition coefficient (Wildman–Crippen LogP) is -0.0444. The first-order valence-corrected chi connectivity index (χ1v) is 6.29. The molecule has 100 valence electrons. The molecular formula is C11H18N4O3. The van der Waals surface area contributed by atoms with E-state index in [1.165, 1.54) is 0 Å². The van der Waals surface area contributed by atoms with Crippen molar-refractivity contribution in [3.8, 4) is 0 Å². The zero-order chi connectivity index (χ0) is 12.4. The van der Waals surface area contributed by atoms with Crippen LogP contribution in [-0.4, -0.2) is 56.2 Å². The molecule has 2 atom stereocenters. The molecule has 0 bridgehead atoms. The fourth-order valence-electron chi connectivity index (χ4n) is 2.33. The van der Waals surface area contributed by atoms with E-state index in [1.54, 1.807) is 7.11 Å². The maximum absolute atomic E-state index is 5.33. The number of aromatic nitrogens is 2. The summed E-state index contributed by atoms with van der Waals surface area (Å²) in [6.45, 7) is 3.90. The highest BCUT2D eigenvalue weighted by Crippen LogP contribution is 2.25. The molecule has 1 aromatic rings. The average molecular weight is 254 g/mol. The largest absolute Gasteiger partial charge is 0.380 e. The van der Waals surface area contributed by atoms with Gasteiger partial charge in [0, 0.05) is 26.7 Å². The van der Waals surface area contributed by atoms with Crippen molar-refractivity contribution in [2.45, 2.75) is 18.6 Å². The molecule has 2 aliphatic rings. The molecule has 0 aromatic carbocycles. The Kier molecular flexibility index (Phi) is 3.44. The van der Waals surface area contributed by atoms with E-state index in [4.69, 9.17) is 14.0 Å². The molecule has 1 N–H and O–H groups in total. The Bertz CT molecular complexity index is 391. The second kappa shape index (κ2) is 5.21. The van der Waals surface area contributed by atoms with Crippen molar-refractivity contribution in [3.05, 3.63) is 5.89 Å². The smallest absolute Gasteiger partial charge is 0.266 e. The van der Waals surface area contributed by atoms with Crippen LogP contribution in [-0.2, 0) is 9.47 Å². The highest BCUT2D eigenvalue weighted by Gasteiger charge is 2.30. The van der Waals surface area contributed by atoms with Crippen molar-refractivity contribution >= 4 is 5.95 Å². The molecule has 7 nitrogen and oxygen atoms in total. The van der Waals surface area contributed by atoms with E-state index in [2.05, 4.69) is 20.4 Å². The molecule has 1 aromatic heterocycles. The van der Waals surface area contributed by atoms with Gasteiger partial charge < -0.3 is 24.2 Å². The highest BCUT2D eigenvalue weighted by molar-refractivity contribution is 5.28. The third-order valence-electron chi connectivity index (χ3n) is 3.45. The van der Waals surface area contributed by atoms with Crippen LogP contribution in [0.5, 0.6) is 0 Å². The van der Waals surface area contributed by atoms with Crippen LogP contribution in [0.1, 0.15) is 18.4 Å². The van der Waals surface area contributed by atoms with Gasteiger partial charge in [-0.1, -0.05) is 0 Å². The Labute approximate surface area is 105 Å². The molecule has 0 spiro atoms. The molecule has 0 radical (unpaired) electrons. The molecule has 0 aliphatic carbocycles. The van der Waals surface area contributed by atoms with Crippen molar-refractivity contribution in [1.82, 2.24) is 15.5 Å². The summed E-state index contributed by atoms with van der Waals surface area (Å²) in [4.78, 5) is 6.54. The standard InChI is InChI=1S/C11H18N4O3/c1-16-8-6-9(12-7-8)10-13-11(14-18-10)15-2-4-17-5-3-15/h8-9,12H,2-7H2,1H3. The van der Waals surface area contributed by atoms with E-state index in [1.807, 2.05) is 0 Å². The monoisotopic (exact) mass is 254 g/mol. The van der Waals surface area contributed by atoms with Gasteiger partial charge in [0.25, 0.3) is 5.95 Å². The highest BCUT2D eigenvalue weighted by atomic mass is 16.5. The zero-order valence-electron chi connectivity index (χ0n) is 10.5. The molecule has 0 saturated carbocycles. The number of ether oxygens (including phenoxy) is 2. The second-order valence-electron chi connectivity index (χ2n) is 4.59. The lowest BCUT2D eigenvalue weighted by Gasteiger charge is -2.24. The summed E-state index contributed by atoms with van der Waals surface area (Å²) >= 11 is 0. The number of morpholine rings is 1. The molecule has 3 heterocycles. The number of anilines is 1. The molecule has 18 heavy (non-hydrogen) atoms. The third-order valence-corrected chi connectivity index (χ3v) is 3.45. The lowest BCUT2D eigenvalue weighted by molar-refractivity contribution is 0.116. The molecule has 2 fully saturated rings. The van der Waals surface area contributed by atoms with Crippen molar-refractivity contribution in [1.29, 1.82) is 0 Å². The Morgan fingerprint density at radius 3 is 2.94 bits per heavy atom. The molecule has 7 heteroatoms. The normalized spacial score (nSPS) is 28.8. The number of nitrogens with zero attached hydrogens (tertiary/aromatic N) is 3. The number of nitrogens with one attached hydrogen (secondary N) is 1. The summed E-state index contributed by atoms with van der Waals surface area (Å²) in [5, 5.41) is 7.36. The number of hydrogen-bond acceptors (Lipinski definition) is 7. The Balaban J connectivity index is 1.66. The molecule has 2 unspecified atom stereocenters. The first kappa shape index (κ1) is 11.9. The fraction of sp³-hybridized carbons (Fsp3) is 0.818. The van der Waals surface area contributed by atoms with E-state index >= 15 is 0 Å². The number of methoxy groups -OCH3 is 1. The maximum atomic E-state index is 5.33. The van der Waals surface area contributed by atoms with Crippen molar-refractivity contribution in [2.75, 3.05) is 44.9 Å². The maximum Gasteiger partial charge on any atom is 0.266 e. The van der Waals surface area contributed by atoms with Crippen LogP contribution in [0.15, 0.2) is 4.52 Å². The SMILES string of the molecule is COC1CNC(c2nc(N3CCOCC3)no2)C1. The van der Waals surface area contributed by atoms with E-state index in [0.717, 1.165) is 39.3 Å². The summed E-state index contributed by atoms with van der Waals surface area (Å²) in [6, 6.07) is 0.109. The number of hydrogen-bond donors (Lipinski definition) is 1.